The highest BCUT2D eigenvalue weighted by molar-refractivity contribution is 5.87. The maximum absolute atomic E-state index is 12.6. The minimum absolute atomic E-state index is 0.00520. The lowest BCUT2D eigenvalue weighted by atomic mass is 9.88. The molecular weight excluding hydrogens is 512 g/mol. The largest absolute Gasteiger partial charge is 0.460 e. The van der Waals surface area contributed by atoms with Crippen LogP contribution in [-0.2, 0) is 19.1 Å². The van der Waals surface area contributed by atoms with Crippen LogP contribution in [0.5, 0.6) is 0 Å². The van der Waals surface area contributed by atoms with Gasteiger partial charge in [-0.1, -0.05) is 57.1 Å². The maximum Gasteiger partial charge on any atom is 0.333 e. The number of ketones is 1. The van der Waals surface area contributed by atoms with Crippen molar-refractivity contribution >= 4 is 11.8 Å². The molecule has 40 heavy (non-hydrogen) atoms. The number of aliphatic hydroxyl groups is 4. The van der Waals surface area contributed by atoms with Crippen molar-refractivity contribution in [3.05, 3.63) is 35.5 Å². The summed E-state index contributed by atoms with van der Waals surface area (Å²) in [5.74, 6) is -1.37. The topological polar surface area (TPSA) is 137 Å². The fourth-order valence-electron chi connectivity index (χ4n) is 5.44. The third kappa shape index (κ3) is 12.0. The number of Topliss-reactive ketones (excluding diaryl/α,β-unsaturated/α-hetero) is 1. The van der Waals surface area contributed by atoms with E-state index in [2.05, 4.69) is 19.6 Å². The van der Waals surface area contributed by atoms with Crippen molar-refractivity contribution in [2.24, 2.45) is 17.8 Å². The predicted octanol–water partition coefficient (Wildman–Crippen LogP) is 4.19. The Morgan fingerprint density at radius 3 is 2.30 bits per heavy atom. The molecular formula is C32H52O8. The number of rotatable bonds is 0. The standard InChI is InChI=1S/C32H52O8/c1-19-12-20(2)14-29-28(40-29)11-9-7-8-10-21(3)32(38)39-18-26(34)16-24(6)30(36)31(37)27(35)17-25(33)15-23(5)22(4)13-19/h10,13,20,23-26,28-31,33-34,36-37H,1,7-9,11-12,14-18H2,2-6H3. The van der Waals surface area contributed by atoms with Crippen molar-refractivity contribution in [1.29, 1.82) is 0 Å². The van der Waals surface area contributed by atoms with E-state index in [1.54, 1.807) is 13.8 Å². The highest BCUT2D eigenvalue weighted by atomic mass is 16.6. The molecule has 0 aromatic heterocycles. The van der Waals surface area contributed by atoms with E-state index in [9.17, 15) is 30.0 Å². The number of fused-ring (bicyclic) bond motifs is 1. The van der Waals surface area contributed by atoms with Crippen molar-refractivity contribution in [2.45, 2.75) is 129 Å². The Morgan fingerprint density at radius 2 is 1.60 bits per heavy atom. The highest BCUT2D eigenvalue weighted by Gasteiger charge is 2.38. The number of aliphatic hydroxyl groups excluding tert-OH is 4. The minimum atomic E-state index is -1.68. The fourth-order valence-corrected chi connectivity index (χ4v) is 5.44. The number of ether oxygens (including phenoxy) is 2. The number of cyclic esters (lactones) is 1. The molecule has 8 nitrogen and oxygen atoms in total. The molecule has 2 rings (SSSR count). The van der Waals surface area contributed by atoms with Crippen molar-refractivity contribution in [3.8, 4) is 0 Å². The summed E-state index contributed by atoms with van der Waals surface area (Å²) < 4.78 is 11.1. The predicted molar refractivity (Wildman–Crippen MR) is 154 cm³/mol. The summed E-state index contributed by atoms with van der Waals surface area (Å²) in [6.07, 6.45) is 5.00. The van der Waals surface area contributed by atoms with Gasteiger partial charge < -0.3 is 29.9 Å². The van der Waals surface area contributed by atoms with Crippen LogP contribution in [0.25, 0.3) is 0 Å². The molecule has 0 aromatic carbocycles. The molecule has 0 saturated carbocycles. The van der Waals surface area contributed by atoms with Gasteiger partial charge in [-0.25, -0.2) is 4.79 Å². The average molecular weight is 565 g/mol. The van der Waals surface area contributed by atoms with Gasteiger partial charge in [0, 0.05) is 12.0 Å². The summed E-state index contributed by atoms with van der Waals surface area (Å²) in [6.45, 7) is 13.4. The Hall–Kier alpha value is -1.84. The molecule has 9 unspecified atom stereocenters. The second-order valence-electron chi connectivity index (χ2n) is 12.3. The highest BCUT2D eigenvalue weighted by Crippen LogP contribution is 2.34. The number of carbonyl (C=O) groups excluding carboxylic acids is 2. The second-order valence-corrected chi connectivity index (χ2v) is 12.3. The lowest BCUT2D eigenvalue weighted by molar-refractivity contribution is -0.143. The summed E-state index contributed by atoms with van der Waals surface area (Å²) in [5, 5.41) is 41.8. The summed E-state index contributed by atoms with van der Waals surface area (Å²) >= 11 is 0. The van der Waals surface area contributed by atoms with E-state index in [4.69, 9.17) is 9.47 Å². The Labute approximate surface area is 240 Å². The van der Waals surface area contributed by atoms with E-state index in [-0.39, 0.29) is 31.5 Å². The quantitative estimate of drug-likeness (QED) is 0.254. The van der Waals surface area contributed by atoms with Gasteiger partial charge in [0.15, 0.2) is 5.78 Å². The number of carbonyl (C=O) groups is 2. The van der Waals surface area contributed by atoms with Crippen LogP contribution in [0.2, 0.25) is 0 Å². The van der Waals surface area contributed by atoms with Crippen LogP contribution >= 0.6 is 0 Å². The molecule has 4 N–H and O–H groups in total. The molecule has 1 fully saturated rings. The Morgan fingerprint density at radius 1 is 0.900 bits per heavy atom. The Bertz CT molecular complexity index is 909. The van der Waals surface area contributed by atoms with Crippen LogP contribution in [0, 0.1) is 17.8 Å². The first-order chi connectivity index (χ1) is 18.8. The first kappa shape index (κ1) is 34.4. The third-order valence-corrected chi connectivity index (χ3v) is 8.21. The maximum atomic E-state index is 12.6. The molecule has 2 heterocycles. The van der Waals surface area contributed by atoms with Crippen molar-refractivity contribution in [1.82, 2.24) is 0 Å². The minimum Gasteiger partial charge on any atom is -0.460 e. The van der Waals surface area contributed by atoms with E-state index in [1.807, 2.05) is 19.9 Å². The van der Waals surface area contributed by atoms with Crippen molar-refractivity contribution < 1.29 is 39.5 Å². The number of hydrogen-bond acceptors (Lipinski definition) is 8. The van der Waals surface area contributed by atoms with E-state index < -0.39 is 42.1 Å². The summed E-state index contributed by atoms with van der Waals surface area (Å²) in [7, 11) is 0. The molecule has 0 amide bonds. The van der Waals surface area contributed by atoms with E-state index in [0.29, 0.717) is 24.0 Å². The smallest absolute Gasteiger partial charge is 0.333 e. The Balaban J connectivity index is 2.04. The van der Waals surface area contributed by atoms with Crippen LogP contribution in [0.4, 0.5) is 0 Å². The molecule has 0 spiro atoms. The van der Waals surface area contributed by atoms with Crippen LogP contribution < -0.4 is 0 Å². The van der Waals surface area contributed by atoms with Crippen molar-refractivity contribution in [2.75, 3.05) is 6.61 Å². The average Bonchev–Trinajstić information content (AvgIpc) is 3.61. The molecule has 2 aliphatic heterocycles. The second kappa shape index (κ2) is 16.6. The molecule has 1 saturated heterocycles. The summed E-state index contributed by atoms with van der Waals surface area (Å²) in [5.41, 5.74) is 2.56. The zero-order chi connectivity index (χ0) is 30.0. The number of allylic oxidation sites excluding steroid dienone is 4. The zero-order valence-corrected chi connectivity index (χ0v) is 25.1. The fraction of sp³-hybridized carbons (Fsp3) is 0.750. The normalized spacial score (nSPS) is 37.4. The molecule has 0 aromatic rings. The van der Waals surface area contributed by atoms with Gasteiger partial charge in [0.25, 0.3) is 0 Å². The van der Waals surface area contributed by atoms with Crippen LogP contribution in [0.3, 0.4) is 0 Å². The van der Waals surface area contributed by atoms with Gasteiger partial charge in [0.05, 0.1) is 30.5 Å². The van der Waals surface area contributed by atoms with Gasteiger partial charge in [-0.3, -0.25) is 4.79 Å². The van der Waals surface area contributed by atoms with Gasteiger partial charge in [0.2, 0.25) is 0 Å². The third-order valence-electron chi connectivity index (χ3n) is 8.21. The number of epoxide rings is 1. The summed E-state index contributed by atoms with van der Waals surface area (Å²) in [6, 6.07) is 0. The van der Waals surface area contributed by atoms with Crippen molar-refractivity contribution in [3.63, 3.8) is 0 Å². The van der Waals surface area contributed by atoms with Crippen LogP contribution in [0.1, 0.15) is 92.4 Å². The van der Waals surface area contributed by atoms with Gasteiger partial charge >= 0.3 is 5.97 Å². The zero-order valence-electron chi connectivity index (χ0n) is 25.1. The Kier molecular flexibility index (Phi) is 14.2. The molecule has 9 atom stereocenters. The summed E-state index contributed by atoms with van der Waals surface area (Å²) in [4.78, 5) is 24.9. The first-order valence-electron chi connectivity index (χ1n) is 14.9. The lowest BCUT2D eigenvalue weighted by Crippen LogP contribution is -2.41. The molecule has 228 valence electrons. The first-order valence-corrected chi connectivity index (χ1v) is 14.9. The number of hydrogen-bond donors (Lipinski definition) is 4. The molecule has 0 bridgehead atoms. The van der Waals surface area contributed by atoms with E-state index in [0.717, 1.165) is 49.7 Å². The van der Waals surface area contributed by atoms with E-state index >= 15 is 0 Å². The molecule has 0 aliphatic carbocycles. The van der Waals surface area contributed by atoms with Gasteiger partial charge in [0.1, 0.15) is 12.7 Å². The van der Waals surface area contributed by atoms with Gasteiger partial charge in [-0.2, -0.15) is 0 Å². The van der Waals surface area contributed by atoms with Crippen LogP contribution in [-0.4, -0.2) is 75.4 Å². The SMILES string of the molecule is C=C1C=C(C)C(C)CC(O)CC(=O)C(O)C(O)C(C)CC(O)COC(=O)C(C)=CCCCCC2OC2CC(C)C1. The molecule has 8 heteroatoms. The monoisotopic (exact) mass is 564 g/mol. The lowest BCUT2D eigenvalue weighted by Gasteiger charge is -2.26. The van der Waals surface area contributed by atoms with E-state index in [1.165, 1.54) is 0 Å². The number of esters is 1. The molecule has 2 aliphatic rings. The van der Waals surface area contributed by atoms with Gasteiger partial charge in [-0.05, 0) is 76.5 Å². The molecule has 0 radical (unpaired) electrons. The van der Waals surface area contributed by atoms with Crippen LogP contribution in [0.15, 0.2) is 35.5 Å². The van der Waals surface area contributed by atoms with Gasteiger partial charge in [-0.15, -0.1) is 0 Å².